The molecule has 50 heavy (non-hydrogen) atoms. The molecule has 4 unspecified atom stereocenters. The van der Waals surface area contributed by atoms with Gasteiger partial charge in [0.1, 0.15) is 0 Å². The summed E-state index contributed by atoms with van der Waals surface area (Å²) in [4.78, 5) is 0. The van der Waals surface area contributed by atoms with Gasteiger partial charge >= 0.3 is 0 Å². The summed E-state index contributed by atoms with van der Waals surface area (Å²) in [7, 11) is 0. The van der Waals surface area contributed by atoms with Gasteiger partial charge in [0.05, 0.1) is 0 Å². The lowest BCUT2D eigenvalue weighted by Crippen LogP contribution is -2.36. The molecule has 10 aromatic carbocycles. The highest BCUT2D eigenvalue weighted by Gasteiger charge is 2.51. The Morgan fingerprint density at radius 2 is 0.560 bits per heavy atom. The van der Waals surface area contributed by atoms with Crippen LogP contribution in [-0.4, -0.2) is 0 Å². The molecule has 6 aliphatic rings. The number of hydrogen-bond acceptors (Lipinski definition) is 0. The van der Waals surface area contributed by atoms with E-state index in [0.717, 1.165) is 0 Å². The highest BCUT2D eigenvalue weighted by Crippen LogP contribution is 2.66. The topological polar surface area (TPSA) is 0 Å². The maximum Gasteiger partial charge on any atom is 0.0211 e. The fraction of sp³-hybridized carbons (Fsp3) is 0.0800. The van der Waals surface area contributed by atoms with Crippen molar-refractivity contribution in [1.82, 2.24) is 0 Å². The van der Waals surface area contributed by atoms with Gasteiger partial charge in [-0.05, 0) is 144 Å². The predicted octanol–water partition coefficient (Wildman–Crippen LogP) is 12.9. The second-order valence-corrected chi connectivity index (χ2v) is 15.5. The Morgan fingerprint density at radius 3 is 0.980 bits per heavy atom. The third-order valence-corrected chi connectivity index (χ3v) is 13.5. The first kappa shape index (κ1) is 25.1. The number of rotatable bonds is 0. The summed E-state index contributed by atoms with van der Waals surface area (Å²) < 4.78 is 0. The lowest BCUT2D eigenvalue weighted by molar-refractivity contribution is 0.535. The van der Waals surface area contributed by atoms with E-state index in [2.05, 4.69) is 146 Å². The molecule has 0 saturated heterocycles. The van der Waals surface area contributed by atoms with Crippen molar-refractivity contribution >= 4 is 75.4 Å². The molecule has 0 heteroatoms. The molecular weight excluding hydrogens is 601 g/mol. The maximum atomic E-state index is 2.57. The van der Waals surface area contributed by atoms with Gasteiger partial charge in [0, 0.05) is 23.7 Å². The molecule has 0 spiro atoms. The Balaban J connectivity index is 1.35. The van der Waals surface area contributed by atoms with Crippen molar-refractivity contribution < 1.29 is 0 Å². The van der Waals surface area contributed by atoms with Crippen LogP contribution in [0, 0.1) is 0 Å². The molecule has 0 nitrogen and oxygen atoms in total. The summed E-state index contributed by atoms with van der Waals surface area (Å²) in [5.74, 6) is 0.831. The standard InChI is InChI=1S/C50H28/c1-3-7-34-32(5-1)45-36-19-17-26-11-15-30-21-28-13-9-25-10-14-29-22-31-16-12-27-18-20-37-46(45)33-6-2-4-8-35(33)48-47(34)49(36)43(26)40(30)23-38(28)42(25)39(29)24-41(31)44(27)50(37)48/h1-24,45-48H. The van der Waals surface area contributed by atoms with Crippen LogP contribution in [0.15, 0.2) is 146 Å². The van der Waals surface area contributed by atoms with E-state index in [9.17, 15) is 0 Å². The van der Waals surface area contributed by atoms with Crippen molar-refractivity contribution in [2.45, 2.75) is 23.7 Å². The normalized spacial score (nSPS) is 20.4. The number of benzene rings is 10. The Labute approximate surface area is 288 Å². The molecule has 0 saturated carbocycles. The average Bonchev–Trinajstić information content (AvgIpc) is 3.16. The van der Waals surface area contributed by atoms with Crippen molar-refractivity contribution in [3.05, 3.63) is 190 Å². The summed E-state index contributed by atoms with van der Waals surface area (Å²) in [5, 5.41) is 19.1. The molecule has 228 valence electrons. The van der Waals surface area contributed by atoms with Gasteiger partial charge in [-0.2, -0.15) is 0 Å². The zero-order valence-corrected chi connectivity index (χ0v) is 27.2. The minimum absolute atomic E-state index is 0.187. The third kappa shape index (κ3) is 2.69. The summed E-state index contributed by atoms with van der Waals surface area (Å²) in [6.45, 7) is 0. The van der Waals surface area contributed by atoms with Gasteiger partial charge in [0.25, 0.3) is 0 Å². The zero-order chi connectivity index (χ0) is 32.0. The van der Waals surface area contributed by atoms with E-state index >= 15 is 0 Å². The Kier molecular flexibility index (Phi) is 4.13. The maximum absolute atomic E-state index is 2.57. The van der Waals surface area contributed by atoms with Crippen molar-refractivity contribution in [2.24, 2.45) is 0 Å². The highest BCUT2D eigenvalue weighted by molar-refractivity contribution is 6.27. The fourth-order valence-corrected chi connectivity index (χ4v) is 11.7. The lowest BCUT2D eigenvalue weighted by Gasteiger charge is -2.51. The molecule has 0 radical (unpaired) electrons. The second-order valence-electron chi connectivity index (χ2n) is 15.5. The van der Waals surface area contributed by atoms with Crippen molar-refractivity contribution in [3.63, 3.8) is 0 Å². The van der Waals surface area contributed by atoms with E-state index in [1.54, 1.807) is 11.1 Å². The van der Waals surface area contributed by atoms with Gasteiger partial charge < -0.3 is 0 Å². The Hall–Kier alpha value is -5.98. The SMILES string of the molecule is c1ccc2c(c1)C1c3ccc4ccc5cc6ccc7ccc8cc9ccc%10ccc%11c%12c%10c9cc8c7c6cc5c4c3C2C%12c2ccccc2C%111. The molecule has 0 fully saturated rings. The zero-order valence-electron chi connectivity index (χ0n) is 27.2. The van der Waals surface area contributed by atoms with Crippen LogP contribution in [-0.2, 0) is 0 Å². The number of fused-ring (bicyclic) bond motifs is 11. The minimum atomic E-state index is 0.187. The molecule has 6 aliphatic carbocycles. The predicted molar refractivity (Wildman–Crippen MR) is 209 cm³/mol. The molecule has 10 aromatic rings. The summed E-state index contributed by atoms with van der Waals surface area (Å²) in [6, 6.07) is 57.8. The van der Waals surface area contributed by atoms with Crippen LogP contribution in [0.3, 0.4) is 0 Å². The van der Waals surface area contributed by atoms with Crippen LogP contribution in [0.1, 0.15) is 68.2 Å². The summed E-state index contributed by atoms with van der Waals surface area (Å²) in [5.41, 5.74) is 12.2. The quantitative estimate of drug-likeness (QED) is 0.116. The van der Waals surface area contributed by atoms with E-state index < -0.39 is 0 Å². The molecule has 0 aromatic heterocycles. The van der Waals surface area contributed by atoms with Crippen LogP contribution in [0.2, 0.25) is 0 Å². The average molecular weight is 629 g/mol. The molecule has 4 atom stereocenters. The van der Waals surface area contributed by atoms with Crippen molar-refractivity contribution in [1.29, 1.82) is 0 Å². The molecule has 0 N–H and O–H groups in total. The summed E-state index contributed by atoms with van der Waals surface area (Å²) >= 11 is 0. The first-order valence-electron chi connectivity index (χ1n) is 18.2. The first-order chi connectivity index (χ1) is 24.8. The van der Waals surface area contributed by atoms with Gasteiger partial charge in [-0.1, -0.05) is 121 Å². The minimum Gasteiger partial charge on any atom is -0.0620 e. The third-order valence-electron chi connectivity index (χ3n) is 13.5. The largest absolute Gasteiger partial charge is 0.0620 e. The van der Waals surface area contributed by atoms with E-state index in [4.69, 9.17) is 0 Å². The Bertz CT molecular complexity index is 3070. The van der Waals surface area contributed by atoms with Gasteiger partial charge in [-0.3, -0.25) is 0 Å². The molecule has 0 aliphatic heterocycles. The van der Waals surface area contributed by atoms with Crippen molar-refractivity contribution in [2.75, 3.05) is 0 Å². The van der Waals surface area contributed by atoms with Gasteiger partial charge in [-0.25, -0.2) is 0 Å². The van der Waals surface area contributed by atoms with E-state index in [1.165, 1.54) is 109 Å². The van der Waals surface area contributed by atoms with Crippen LogP contribution in [0.5, 0.6) is 0 Å². The highest BCUT2D eigenvalue weighted by atomic mass is 14.5. The smallest absolute Gasteiger partial charge is 0.0211 e. The fourth-order valence-electron chi connectivity index (χ4n) is 11.7. The molecule has 4 bridgehead atoms. The van der Waals surface area contributed by atoms with Crippen LogP contribution < -0.4 is 0 Å². The van der Waals surface area contributed by atoms with Crippen LogP contribution in [0.4, 0.5) is 0 Å². The molecule has 16 rings (SSSR count). The van der Waals surface area contributed by atoms with E-state index in [0.29, 0.717) is 0 Å². The van der Waals surface area contributed by atoms with Crippen molar-refractivity contribution in [3.8, 4) is 0 Å². The van der Waals surface area contributed by atoms with Crippen LogP contribution in [0.25, 0.3) is 75.4 Å². The molecular formula is C50H28. The Morgan fingerprint density at radius 1 is 0.240 bits per heavy atom. The van der Waals surface area contributed by atoms with E-state index in [1.807, 2.05) is 0 Å². The van der Waals surface area contributed by atoms with Gasteiger partial charge in [-0.15, -0.1) is 0 Å². The van der Waals surface area contributed by atoms with Crippen LogP contribution >= 0.6 is 0 Å². The van der Waals surface area contributed by atoms with Gasteiger partial charge in [0.2, 0.25) is 0 Å². The monoisotopic (exact) mass is 628 g/mol. The first-order valence-corrected chi connectivity index (χ1v) is 18.2. The summed E-state index contributed by atoms with van der Waals surface area (Å²) in [6.07, 6.45) is 0. The number of hydrogen-bond donors (Lipinski definition) is 0. The molecule has 0 heterocycles. The molecule has 0 amide bonds. The van der Waals surface area contributed by atoms with Gasteiger partial charge in [0.15, 0.2) is 0 Å². The second kappa shape index (κ2) is 8.24. The lowest BCUT2D eigenvalue weighted by atomic mass is 9.52. The van der Waals surface area contributed by atoms with E-state index in [-0.39, 0.29) is 23.7 Å².